The van der Waals surface area contributed by atoms with Crippen LogP contribution < -0.4 is 0 Å². The number of hydrogen-bond acceptors (Lipinski definition) is 0. The van der Waals surface area contributed by atoms with Crippen LogP contribution in [0.5, 0.6) is 0 Å². The quantitative estimate of drug-likeness (QED) is 0.557. The first kappa shape index (κ1) is 9.79. The molecule has 0 aliphatic heterocycles. The van der Waals surface area contributed by atoms with E-state index >= 15 is 0 Å². The second-order valence-corrected chi connectivity index (χ2v) is 3.09. The van der Waals surface area contributed by atoms with Gasteiger partial charge in [-0.1, -0.05) is 60.2 Å². The minimum Gasteiger partial charge on any atom is -0.0842 e. The fourth-order valence-corrected chi connectivity index (χ4v) is 1.08. The van der Waals surface area contributed by atoms with Gasteiger partial charge in [-0.05, 0) is 19.8 Å². The molecule has 0 saturated heterocycles. The monoisotopic (exact) mass is 172 g/mol. The number of allylic oxidation sites excluding steroid dienone is 4. The van der Waals surface area contributed by atoms with Crippen LogP contribution in [0.3, 0.4) is 0 Å². The highest BCUT2D eigenvalue weighted by atomic mass is 13.8. The minimum absolute atomic E-state index is 1.23. The standard InChI is InChI=1S/C7H8.C6H8/c1-7-5-3-2-4-6-7;1-2-4-6-5-3-1/h2-6H,1H3;1-4H,5-6H2. The Morgan fingerprint density at radius 3 is 1.62 bits per heavy atom. The Bertz CT molecular complexity index is 255. The molecule has 2 rings (SSSR count). The predicted octanol–water partition coefficient (Wildman–Crippen LogP) is 3.89. The van der Waals surface area contributed by atoms with Crippen molar-refractivity contribution in [1.29, 1.82) is 0 Å². The largest absolute Gasteiger partial charge is 0.0842 e. The molecule has 0 spiro atoms. The van der Waals surface area contributed by atoms with Crippen molar-refractivity contribution in [2.75, 3.05) is 0 Å². The van der Waals surface area contributed by atoms with E-state index in [0.717, 1.165) is 0 Å². The molecule has 0 unspecified atom stereocenters. The van der Waals surface area contributed by atoms with Crippen molar-refractivity contribution >= 4 is 0 Å². The first-order valence-corrected chi connectivity index (χ1v) is 4.73. The maximum absolute atomic E-state index is 2.18. The summed E-state index contributed by atoms with van der Waals surface area (Å²) in [5.74, 6) is 0. The summed E-state index contributed by atoms with van der Waals surface area (Å²) in [6, 6.07) is 10.3. The summed E-state index contributed by atoms with van der Waals surface area (Å²) < 4.78 is 0. The third kappa shape index (κ3) is 5.02. The van der Waals surface area contributed by atoms with Gasteiger partial charge in [0, 0.05) is 0 Å². The number of rotatable bonds is 0. The van der Waals surface area contributed by atoms with E-state index in [1.54, 1.807) is 0 Å². The molecule has 0 radical (unpaired) electrons. The number of aryl methyl sites for hydroxylation is 1. The Hall–Kier alpha value is -1.30. The van der Waals surface area contributed by atoms with E-state index in [1.165, 1.54) is 18.4 Å². The van der Waals surface area contributed by atoms with E-state index in [9.17, 15) is 0 Å². The molecule has 0 atom stereocenters. The molecular weight excluding hydrogens is 156 g/mol. The molecule has 0 saturated carbocycles. The molecule has 1 aromatic carbocycles. The van der Waals surface area contributed by atoms with Crippen molar-refractivity contribution in [3.05, 3.63) is 60.2 Å². The maximum atomic E-state index is 2.18. The van der Waals surface area contributed by atoms with Gasteiger partial charge < -0.3 is 0 Å². The average molecular weight is 172 g/mol. The van der Waals surface area contributed by atoms with Crippen LogP contribution in [0, 0.1) is 6.92 Å². The second-order valence-electron chi connectivity index (χ2n) is 3.09. The fourth-order valence-electron chi connectivity index (χ4n) is 1.08. The third-order valence-electron chi connectivity index (χ3n) is 1.82. The normalized spacial score (nSPS) is 13.3. The van der Waals surface area contributed by atoms with Crippen molar-refractivity contribution < 1.29 is 0 Å². The maximum Gasteiger partial charge on any atom is -0.0313 e. The third-order valence-corrected chi connectivity index (χ3v) is 1.82. The first-order valence-electron chi connectivity index (χ1n) is 4.73. The lowest BCUT2D eigenvalue weighted by molar-refractivity contribution is 1.04. The summed E-state index contributed by atoms with van der Waals surface area (Å²) in [6.07, 6.45) is 11.0. The van der Waals surface area contributed by atoms with Crippen LogP contribution in [0.2, 0.25) is 0 Å². The zero-order chi connectivity index (χ0) is 9.36. The van der Waals surface area contributed by atoms with Crippen molar-refractivity contribution in [3.63, 3.8) is 0 Å². The molecule has 1 aliphatic carbocycles. The highest BCUT2D eigenvalue weighted by molar-refractivity contribution is 5.11. The van der Waals surface area contributed by atoms with Gasteiger partial charge in [-0.15, -0.1) is 0 Å². The summed E-state index contributed by atoms with van der Waals surface area (Å²) in [5.41, 5.74) is 1.32. The molecule has 1 aromatic rings. The van der Waals surface area contributed by atoms with E-state index in [-0.39, 0.29) is 0 Å². The van der Waals surface area contributed by atoms with Crippen LogP contribution in [-0.2, 0) is 0 Å². The van der Waals surface area contributed by atoms with Crippen molar-refractivity contribution in [2.45, 2.75) is 19.8 Å². The SMILES string of the molecule is C1=CCCC=C1.Cc1ccccc1. The zero-order valence-electron chi connectivity index (χ0n) is 8.11. The second kappa shape index (κ2) is 6.24. The van der Waals surface area contributed by atoms with Crippen LogP contribution in [0.25, 0.3) is 0 Å². The van der Waals surface area contributed by atoms with Crippen LogP contribution >= 0.6 is 0 Å². The van der Waals surface area contributed by atoms with Gasteiger partial charge >= 0.3 is 0 Å². The highest BCUT2D eigenvalue weighted by Crippen LogP contribution is 1.98. The van der Waals surface area contributed by atoms with E-state index in [0.29, 0.717) is 0 Å². The summed E-state index contributed by atoms with van der Waals surface area (Å²) in [5, 5.41) is 0. The van der Waals surface area contributed by atoms with Crippen molar-refractivity contribution in [2.24, 2.45) is 0 Å². The first-order chi connectivity index (χ1) is 6.39. The van der Waals surface area contributed by atoms with Crippen LogP contribution in [0.1, 0.15) is 18.4 Å². The Morgan fingerprint density at radius 2 is 1.38 bits per heavy atom. The average Bonchev–Trinajstić information content (AvgIpc) is 2.22. The van der Waals surface area contributed by atoms with Gasteiger partial charge in [0.25, 0.3) is 0 Å². The van der Waals surface area contributed by atoms with Crippen molar-refractivity contribution in [1.82, 2.24) is 0 Å². The molecule has 0 nitrogen and oxygen atoms in total. The van der Waals surface area contributed by atoms with Gasteiger partial charge in [-0.25, -0.2) is 0 Å². The van der Waals surface area contributed by atoms with E-state index in [1.807, 2.05) is 18.2 Å². The van der Waals surface area contributed by atoms with Gasteiger partial charge in [0.1, 0.15) is 0 Å². The molecule has 0 bridgehead atoms. The minimum atomic E-state index is 1.23. The summed E-state index contributed by atoms with van der Waals surface area (Å²) in [4.78, 5) is 0. The lowest BCUT2D eigenvalue weighted by Crippen LogP contribution is -1.67. The zero-order valence-corrected chi connectivity index (χ0v) is 8.11. The van der Waals surface area contributed by atoms with E-state index < -0.39 is 0 Å². The molecule has 0 fully saturated rings. The predicted molar refractivity (Wildman–Crippen MR) is 58.7 cm³/mol. The molecule has 0 N–H and O–H groups in total. The topological polar surface area (TPSA) is 0 Å². The molecule has 1 aliphatic rings. The Labute approximate surface area is 80.6 Å². The smallest absolute Gasteiger partial charge is 0.0313 e. The molecule has 0 aromatic heterocycles. The van der Waals surface area contributed by atoms with Crippen LogP contribution in [0.4, 0.5) is 0 Å². The molecule has 0 amide bonds. The number of hydrogen-bond donors (Lipinski definition) is 0. The van der Waals surface area contributed by atoms with Gasteiger partial charge in [-0.3, -0.25) is 0 Å². The lowest BCUT2D eigenvalue weighted by Gasteiger charge is -1.88. The van der Waals surface area contributed by atoms with Gasteiger partial charge in [0.15, 0.2) is 0 Å². The van der Waals surface area contributed by atoms with Gasteiger partial charge in [0.05, 0.1) is 0 Å². The summed E-state index contributed by atoms with van der Waals surface area (Å²) in [6.45, 7) is 2.08. The molecule has 68 valence electrons. The molecule has 0 heterocycles. The fraction of sp³-hybridized carbons (Fsp3) is 0.231. The van der Waals surface area contributed by atoms with E-state index in [4.69, 9.17) is 0 Å². The number of benzene rings is 1. The van der Waals surface area contributed by atoms with E-state index in [2.05, 4.69) is 43.4 Å². The molecule has 13 heavy (non-hydrogen) atoms. The summed E-state index contributed by atoms with van der Waals surface area (Å²) in [7, 11) is 0. The Balaban J connectivity index is 0.000000132. The Morgan fingerprint density at radius 1 is 0.846 bits per heavy atom. The lowest BCUT2D eigenvalue weighted by atomic mass is 10.2. The Kier molecular flexibility index (Phi) is 4.70. The van der Waals surface area contributed by atoms with Crippen LogP contribution in [0.15, 0.2) is 54.6 Å². The van der Waals surface area contributed by atoms with Crippen LogP contribution in [-0.4, -0.2) is 0 Å². The van der Waals surface area contributed by atoms with Crippen molar-refractivity contribution in [3.8, 4) is 0 Å². The molecular formula is C13H16. The van der Waals surface area contributed by atoms with Gasteiger partial charge in [0.2, 0.25) is 0 Å². The summed E-state index contributed by atoms with van der Waals surface area (Å²) >= 11 is 0. The van der Waals surface area contributed by atoms with Gasteiger partial charge in [-0.2, -0.15) is 0 Å². The highest BCUT2D eigenvalue weighted by Gasteiger charge is 1.77. The molecule has 0 heteroatoms.